The second-order valence-corrected chi connectivity index (χ2v) is 8.36. The zero-order valence-electron chi connectivity index (χ0n) is 19.0. The number of rotatable bonds is 7. The Bertz CT molecular complexity index is 1340. The second-order valence-electron chi connectivity index (χ2n) is 8.36. The number of hydrogen-bond donors (Lipinski definition) is 0. The molecule has 1 fully saturated rings. The fourth-order valence-electron chi connectivity index (χ4n) is 4.07. The minimum atomic E-state index is -0.924. The molecule has 0 atom stereocenters. The zero-order chi connectivity index (χ0) is 25.2. The van der Waals surface area contributed by atoms with Crippen molar-refractivity contribution < 1.29 is 37.1 Å². The number of carbonyl (C=O) groups excluding carboxylic acids is 3. The molecule has 1 saturated heterocycles. The van der Waals surface area contributed by atoms with Crippen molar-refractivity contribution >= 4 is 23.3 Å². The number of halogens is 2. The van der Waals surface area contributed by atoms with E-state index in [-0.39, 0.29) is 47.9 Å². The van der Waals surface area contributed by atoms with E-state index in [1.54, 1.807) is 11.0 Å². The predicted molar refractivity (Wildman–Crippen MR) is 121 cm³/mol. The molecule has 186 valence electrons. The largest absolute Gasteiger partial charge is 0.482 e. The van der Waals surface area contributed by atoms with Crippen molar-refractivity contribution in [1.82, 2.24) is 9.88 Å². The fraction of sp³-hybridized carbons (Fsp3) is 0.280. The summed E-state index contributed by atoms with van der Waals surface area (Å²) in [6.45, 7) is 0.554. The van der Waals surface area contributed by atoms with E-state index in [4.69, 9.17) is 13.9 Å². The Morgan fingerprint density at radius 2 is 1.89 bits per heavy atom. The highest BCUT2D eigenvalue weighted by atomic mass is 19.1. The van der Waals surface area contributed by atoms with Gasteiger partial charge in [0.2, 0.25) is 5.89 Å². The molecular weight excluding hydrogens is 476 g/mol. The van der Waals surface area contributed by atoms with E-state index in [1.165, 1.54) is 23.3 Å². The zero-order valence-corrected chi connectivity index (χ0v) is 19.0. The molecule has 0 saturated carbocycles. The summed E-state index contributed by atoms with van der Waals surface area (Å²) in [6, 6.07) is 7.27. The molecule has 9 nitrogen and oxygen atoms in total. The number of aromatic nitrogens is 1. The summed E-state index contributed by atoms with van der Waals surface area (Å²) in [7, 11) is 0. The Morgan fingerprint density at radius 1 is 1.08 bits per heavy atom. The van der Waals surface area contributed by atoms with E-state index in [0.29, 0.717) is 30.6 Å². The summed E-state index contributed by atoms with van der Waals surface area (Å²) in [6.07, 6.45) is 3.16. The predicted octanol–water partition coefficient (Wildman–Crippen LogP) is 3.38. The fourth-order valence-corrected chi connectivity index (χ4v) is 4.07. The van der Waals surface area contributed by atoms with Gasteiger partial charge in [-0.2, -0.15) is 0 Å². The Hall–Kier alpha value is -4.28. The Kier molecular flexibility index (Phi) is 6.36. The molecule has 3 heterocycles. The van der Waals surface area contributed by atoms with Crippen LogP contribution in [-0.4, -0.2) is 53.8 Å². The van der Waals surface area contributed by atoms with Gasteiger partial charge < -0.3 is 18.8 Å². The van der Waals surface area contributed by atoms with Gasteiger partial charge in [0.05, 0.1) is 5.69 Å². The summed E-state index contributed by atoms with van der Waals surface area (Å²) >= 11 is 0. The molecule has 11 heteroatoms. The number of amides is 2. The molecule has 2 aromatic carbocycles. The highest BCUT2D eigenvalue weighted by Crippen LogP contribution is 2.34. The third-order valence-corrected chi connectivity index (χ3v) is 5.93. The van der Waals surface area contributed by atoms with Crippen molar-refractivity contribution in [3.63, 3.8) is 0 Å². The lowest BCUT2D eigenvalue weighted by Gasteiger charge is -2.28. The van der Waals surface area contributed by atoms with E-state index in [9.17, 15) is 23.2 Å². The normalized spacial score (nSPS) is 15.0. The van der Waals surface area contributed by atoms with Crippen molar-refractivity contribution in [2.75, 3.05) is 31.2 Å². The van der Waals surface area contributed by atoms with Gasteiger partial charge in [0, 0.05) is 24.7 Å². The van der Waals surface area contributed by atoms with E-state index in [2.05, 4.69) is 4.98 Å². The van der Waals surface area contributed by atoms with Crippen LogP contribution >= 0.6 is 0 Å². The second kappa shape index (κ2) is 9.76. The molecule has 3 aromatic rings. The van der Waals surface area contributed by atoms with Gasteiger partial charge in [-0.15, -0.1) is 0 Å². The van der Waals surface area contributed by atoms with Crippen molar-refractivity contribution in [1.29, 1.82) is 0 Å². The van der Waals surface area contributed by atoms with Gasteiger partial charge in [0.15, 0.2) is 36.3 Å². The molecule has 2 aliphatic rings. The van der Waals surface area contributed by atoms with Crippen molar-refractivity contribution in [3.05, 3.63) is 71.4 Å². The number of carbonyl (C=O) groups is 3. The van der Waals surface area contributed by atoms with Crippen LogP contribution in [0.1, 0.15) is 39.6 Å². The van der Waals surface area contributed by atoms with Crippen LogP contribution in [0.15, 0.2) is 47.1 Å². The number of likely N-dealkylation sites (tertiary alicyclic amines) is 1. The molecule has 0 N–H and O–H groups in total. The molecule has 0 aliphatic carbocycles. The van der Waals surface area contributed by atoms with Crippen LogP contribution in [0, 0.1) is 11.6 Å². The molecule has 0 spiro atoms. The average Bonchev–Trinajstić information content (AvgIpc) is 3.57. The molecule has 2 aliphatic heterocycles. The van der Waals surface area contributed by atoms with E-state index in [1.807, 2.05) is 0 Å². The number of anilines is 1. The van der Waals surface area contributed by atoms with Crippen molar-refractivity contribution in [3.8, 4) is 11.5 Å². The first kappa shape index (κ1) is 23.5. The summed E-state index contributed by atoms with van der Waals surface area (Å²) in [5.74, 6) is -2.51. The van der Waals surface area contributed by atoms with Crippen LogP contribution in [0.5, 0.6) is 11.5 Å². The molecule has 0 bridgehead atoms. The molecule has 36 heavy (non-hydrogen) atoms. The summed E-state index contributed by atoms with van der Waals surface area (Å²) in [5.41, 5.74) is 0.675. The van der Waals surface area contributed by atoms with E-state index in [0.717, 1.165) is 25.0 Å². The van der Waals surface area contributed by atoms with Gasteiger partial charge in [-0.05, 0) is 43.2 Å². The Balaban J connectivity index is 1.32. The summed E-state index contributed by atoms with van der Waals surface area (Å²) in [4.78, 5) is 45.2. The maximum atomic E-state index is 13.8. The first-order chi connectivity index (χ1) is 17.4. The lowest BCUT2D eigenvalue weighted by atomic mass is 10.1. The minimum Gasteiger partial charge on any atom is -0.482 e. The SMILES string of the molecule is O=C(COc1ccc(F)cc1F)c1ccc2c(c1)N(Cc1nc(C(=O)N3CCCC3)co1)C(=O)CO2. The van der Waals surface area contributed by atoms with Gasteiger partial charge in [-0.1, -0.05) is 0 Å². The van der Waals surface area contributed by atoms with Gasteiger partial charge in [-0.3, -0.25) is 19.3 Å². The lowest BCUT2D eigenvalue weighted by molar-refractivity contribution is -0.121. The van der Waals surface area contributed by atoms with Crippen LogP contribution in [0.2, 0.25) is 0 Å². The van der Waals surface area contributed by atoms with Gasteiger partial charge >= 0.3 is 0 Å². The highest BCUT2D eigenvalue weighted by molar-refractivity contribution is 6.02. The minimum absolute atomic E-state index is 0.0720. The third kappa shape index (κ3) is 4.77. The maximum absolute atomic E-state index is 13.8. The molecule has 2 amide bonds. The van der Waals surface area contributed by atoms with E-state index < -0.39 is 24.0 Å². The van der Waals surface area contributed by atoms with Crippen LogP contribution in [0.4, 0.5) is 14.5 Å². The van der Waals surface area contributed by atoms with Crippen molar-refractivity contribution in [2.24, 2.45) is 0 Å². The number of benzene rings is 2. The number of ether oxygens (including phenoxy) is 2. The topological polar surface area (TPSA) is 102 Å². The highest BCUT2D eigenvalue weighted by Gasteiger charge is 2.29. The Labute approximate surface area is 204 Å². The number of oxazole rings is 1. The van der Waals surface area contributed by atoms with Crippen LogP contribution in [-0.2, 0) is 11.3 Å². The summed E-state index contributed by atoms with van der Waals surface area (Å²) in [5, 5.41) is 0. The maximum Gasteiger partial charge on any atom is 0.275 e. The molecule has 1 aromatic heterocycles. The quantitative estimate of drug-likeness (QED) is 0.461. The first-order valence-electron chi connectivity index (χ1n) is 11.3. The van der Waals surface area contributed by atoms with Gasteiger partial charge in [-0.25, -0.2) is 13.8 Å². The Morgan fingerprint density at radius 3 is 2.67 bits per heavy atom. The summed E-state index contributed by atoms with van der Waals surface area (Å²) < 4.78 is 43.0. The monoisotopic (exact) mass is 497 g/mol. The first-order valence-corrected chi connectivity index (χ1v) is 11.3. The third-order valence-electron chi connectivity index (χ3n) is 5.93. The molecule has 0 unspecified atom stereocenters. The van der Waals surface area contributed by atoms with Gasteiger partial charge in [0.25, 0.3) is 11.8 Å². The smallest absolute Gasteiger partial charge is 0.275 e. The number of ketones is 1. The number of nitrogens with zero attached hydrogens (tertiary/aromatic N) is 3. The molecule has 5 rings (SSSR count). The standard InChI is InChI=1S/C25H21F2N3O6/c26-16-4-6-21(17(27)10-16)34-13-20(31)15-3-5-22-19(9-15)30(24(32)14-35-22)11-23-28-18(12-36-23)25(33)29-7-1-2-8-29/h3-6,9-10,12H,1-2,7-8,11,13-14H2. The number of hydrogen-bond acceptors (Lipinski definition) is 7. The van der Waals surface area contributed by atoms with Crippen molar-refractivity contribution in [2.45, 2.75) is 19.4 Å². The van der Waals surface area contributed by atoms with Gasteiger partial charge in [0.1, 0.15) is 24.4 Å². The average molecular weight is 497 g/mol. The molecular formula is C25H21F2N3O6. The lowest BCUT2D eigenvalue weighted by Crippen LogP contribution is -2.38. The van der Waals surface area contributed by atoms with Crippen LogP contribution < -0.4 is 14.4 Å². The van der Waals surface area contributed by atoms with Crippen LogP contribution in [0.3, 0.4) is 0 Å². The number of Topliss-reactive ketones (excluding diaryl/α,β-unsaturated/α-hetero) is 1. The van der Waals surface area contributed by atoms with Crippen LogP contribution in [0.25, 0.3) is 0 Å². The van der Waals surface area contributed by atoms with E-state index >= 15 is 0 Å². The number of fused-ring (bicyclic) bond motifs is 1. The molecule has 0 radical (unpaired) electrons.